The smallest absolute Gasteiger partial charge is 0.119 e. The largest absolute Gasteiger partial charge is 0.494 e. The number of aromatic nitrogens is 2. The van der Waals surface area contributed by atoms with E-state index in [9.17, 15) is 0 Å². The van der Waals surface area contributed by atoms with Gasteiger partial charge in [-0.3, -0.25) is 0 Å². The van der Waals surface area contributed by atoms with Crippen LogP contribution in [0.25, 0.3) is 11.0 Å². The molecule has 3 rings (SSSR count). The number of hydrogen-bond acceptors (Lipinski definition) is 2. The summed E-state index contributed by atoms with van der Waals surface area (Å²) >= 11 is 0. The predicted molar refractivity (Wildman–Crippen MR) is 95.1 cm³/mol. The minimum Gasteiger partial charge on any atom is -0.494 e. The third-order valence-corrected chi connectivity index (χ3v) is 4.09. The average Bonchev–Trinajstić information content (AvgIpc) is 2.82. The van der Waals surface area contributed by atoms with E-state index in [-0.39, 0.29) is 0 Å². The molecule has 0 aliphatic rings. The van der Waals surface area contributed by atoms with Crippen molar-refractivity contribution in [1.82, 2.24) is 9.55 Å². The summed E-state index contributed by atoms with van der Waals surface area (Å²) in [6, 6.07) is 14.7. The molecule has 3 heteroatoms. The van der Waals surface area contributed by atoms with Crippen molar-refractivity contribution in [3.63, 3.8) is 0 Å². The molecular formula is C20H24N2O. The molecule has 23 heavy (non-hydrogen) atoms. The van der Waals surface area contributed by atoms with E-state index >= 15 is 0 Å². The van der Waals surface area contributed by atoms with Crippen molar-refractivity contribution in [3.8, 4) is 5.75 Å². The Kier molecular flexibility index (Phi) is 4.65. The first-order valence-electron chi connectivity index (χ1n) is 8.26. The Morgan fingerprint density at radius 1 is 0.957 bits per heavy atom. The highest BCUT2D eigenvalue weighted by Gasteiger charge is 2.06. The van der Waals surface area contributed by atoms with E-state index in [0.717, 1.165) is 43.1 Å². The fourth-order valence-electron chi connectivity index (χ4n) is 3.06. The Labute approximate surface area is 137 Å². The van der Waals surface area contributed by atoms with Gasteiger partial charge < -0.3 is 9.30 Å². The number of para-hydroxylation sites is 2. The van der Waals surface area contributed by atoms with Crippen molar-refractivity contribution in [2.24, 2.45) is 0 Å². The van der Waals surface area contributed by atoms with Crippen LogP contribution in [0, 0.1) is 20.8 Å². The number of benzene rings is 2. The van der Waals surface area contributed by atoms with E-state index < -0.39 is 0 Å². The van der Waals surface area contributed by atoms with Crippen LogP contribution in [-0.2, 0) is 6.54 Å². The van der Waals surface area contributed by atoms with Crippen molar-refractivity contribution in [2.45, 2.75) is 40.2 Å². The number of hydrogen-bond donors (Lipinski definition) is 0. The molecule has 0 atom stereocenters. The molecule has 1 heterocycles. The minimum atomic E-state index is 0.759. The Hall–Kier alpha value is -2.29. The summed E-state index contributed by atoms with van der Waals surface area (Å²) in [5, 5.41) is 0. The zero-order valence-corrected chi connectivity index (χ0v) is 14.2. The molecule has 3 aromatic rings. The zero-order valence-electron chi connectivity index (χ0n) is 14.2. The summed E-state index contributed by atoms with van der Waals surface area (Å²) in [5.74, 6) is 2.06. The van der Waals surface area contributed by atoms with E-state index in [1.54, 1.807) is 0 Å². The molecular weight excluding hydrogens is 284 g/mol. The number of ether oxygens (including phenoxy) is 1. The molecule has 0 spiro atoms. The molecule has 0 radical (unpaired) electrons. The minimum absolute atomic E-state index is 0.759. The van der Waals surface area contributed by atoms with Crippen molar-refractivity contribution in [2.75, 3.05) is 6.61 Å². The van der Waals surface area contributed by atoms with Gasteiger partial charge in [-0.05, 0) is 69.0 Å². The maximum absolute atomic E-state index is 5.88. The second-order valence-corrected chi connectivity index (χ2v) is 6.18. The van der Waals surface area contributed by atoms with Crippen molar-refractivity contribution >= 4 is 11.0 Å². The molecule has 0 saturated carbocycles. The summed E-state index contributed by atoms with van der Waals surface area (Å²) in [6.45, 7) is 8.03. The molecule has 0 unspecified atom stereocenters. The lowest BCUT2D eigenvalue weighted by Gasteiger charge is -2.09. The van der Waals surface area contributed by atoms with Crippen LogP contribution in [-0.4, -0.2) is 16.2 Å². The van der Waals surface area contributed by atoms with Gasteiger partial charge in [0.15, 0.2) is 0 Å². The summed E-state index contributed by atoms with van der Waals surface area (Å²) in [5.41, 5.74) is 4.80. The fourth-order valence-corrected chi connectivity index (χ4v) is 3.06. The van der Waals surface area contributed by atoms with Crippen LogP contribution in [0.1, 0.15) is 29.8 Å². The maximum atomic E-state index is 5.88. The van der Waals surface area contributed by atoms with Gasteiger partial charge in [-0.15, -0.1) is 0 Å². The van der Waals surface area contributed by atoms with Crippen molar-refractivity contribution in [3.05, 3.63) is 59.4 Å². The van der Waals surface area contributed by atoms with Crippen LogP contribution >= 0.6 is 0 Å². The van der Waals surface area contributed by atoms with E-state index in [0.29, 0.717) is 0 Å². The lowest BCUT2D eigenvalue weighted by atomic mass is 10.1. The first-order chi connectivity index (χ1) is 11.1. The van der Waals surface area contributed by atoms with Gasteiger partial charge in [-0.25, -0.2) is 4.98 Å². The summed E-state index contributed by atoms with van der Waals surface area (Å²) in [7, 11) is 0. The van der Waals surface area contributed by atoms with Gasteiger partial charge in [0, 0.05) is 6.54 Å². The average molecular weight is 308 g/mol. The number of aryl methyl sites for hydroxylation is 4. The Morgan fingerprint density at radius 3 is 2.48 bits per heavy atom. The molecule has 0 N–H and O–H groups in total. The topological polar surface area (TPSA) is 27.1 Å². The second-order valence-electron chi connectivity index (χ2n) is 6.18. The highest BCUT2D eigenvalue weighted by molar-refractivity contribution is 5.75. The molecule has 2 aromatic carbocycles. The van der Waals surface area contributed by atoms with Crippen LogP contribution in [0.2, 0.25) is 0 Å². The number of fused-ring (bicyclic) bond motifs is 1. The van der Waals surface area contributed by atoms with Crippen LogP contribution in [0.15, 0.2) is 42.5 Å². The first-order valence-corrected chi connectivity index (χ1v) is 8.26. The maximum Gasteiger partial charge on any atom is 0.119 e. The Balaban J connectivity index is 1.52. The van der Waals surface area contributed by atoms with Crippen LogP contribution in [0.4, 0.5) is 0 Å². The van der Waals surface area contributed by atoms with Crippen molar-refractivity contribution < 1.29 is 4.74 Å². The molecule has 0 saturated heterocycles. The SMILES string of the molecule is Cc1cc(C)cc(OCCCCn2c(C)nc3ccccc32)c1. The highest BCUT2D eigenvalue weighted by atomic mass is 16.5. The Morgan fingerprint density at radius 2 is 1.70 bits per heavy atom. The van der Waals surface area contributed by atoms with Crippen LogP contribution in [0.5, 0.6) is 5.75 Å². The molecule has 0 amide bonds. The van der Waals surface area contributed by atoms with E-state index in [1.807, 2.05) is 6.07 Å². The van der Waals surface area contributed by atoms with Gasteiger partial charge >= 0.3 is 0 Å². The van der Waals surface area contributed by atoms with Gasteiger partial charge in [0.2, 0.25) is 0 Å². The predicted octanol–water partition coefficient (Wildman–Crippen LogP) is 4.82. The zero-order chi connectivity index (χ0) is 16.2. The standard InChI is InChI=1S/C20H24N2O/c1-15-12-16(2)14-18(13-15)23-11-7-6-10-22-17(3)21-19-8-4-5-9-20(19)22/h4-5,8-9,12-14H,6-7,10-11H2,1-3H3. The first kappa shape index (κ1) is 15.6. The Bertz CT molecular complexity index is 784. The number of rotatable bonds is 6. The summed E-state index contributed by atoms with van der Waals surface area (Å²) in [4.78, 5) is 4.61. The van der Waals surface area contributed by atoms with Gasteiger partial charge in [-0.1, -0.05) is 18.2 Å². The molecule has 3 nitrogen and oxygen atoms in total. The van der Waals surface area contributed by atoms with E-state index in [1.165, 1.54) is 16.6 Å². The summed E-state index contributed by atoms with van der Waals surface area (Å²) in [6.07, 6.45) is 2.13. The van der Waals surface area contributed by atoms with Gasteiger partial charge in [0.25, 0.3) is 0 Å². The number of imidazole rings is 1. The fraction of sp³-hybridized carbons (Fsp3) is 0.350. The van der Waals surface area contributed by atoms with Crippen LogP contribution in [0.3, 0.4) is 0 Å². The third-order valence-electron chi connectivity index (χ3n) is 4.09. The molecule has 0 aliphatic heterocycles. The third kappa shape index (κ3) is 3.73. The van der Waals surface area contributed by atoms with E-state index in [2.05, 4.69) is 66.7 Å². The van der Waals surface area contributed by atoms with Gasteiger partial charge in [0.05, 0.1) is 17.6 Å². The normalized spacial score (nSPS) is 11.1. The number of nitrogens with zero attached hydrogens (tertiary/aromatic N) is 2. The van der Waals surface area contributed by atoms with Crippen LogP contribution < -0.4 is 4.74 Å². The highest BCUT2D eigenvalue weighted by Crippen LogP contribution is 2.18. The van der Waals surface area contributed by atoms with E-state index in [4.69, 9.17) is 4.74 Å². The molecule has 0 aliphatic carbocycles. The van der Waals surface area contributed by atoms with Gasteiger partial charge in [0.1, 0.15) is 11.6 Å². The summed E-state index contributed by atoms with van der Waals surface area (Å²) < 4.78 is 8.18. The number of unbranched alkanes of at least 4 members (excludes halogenated alkanes) is 1. The second kappa shape index (κ2) is 6.86. The quantitative estimate of drug-likeness (QED) is 0.610. The molecule has 1 aromatic heterocycles. The lowest BCUT2D eigenvalue weighted by Crippen LogP contribution is -2.04. The molecule has 0 fully saturated rings. The molecule has 0 bridgehead atoms. The monoisotopic (exact) mass is 308 g/mol. The van der Waals surface area contributed by atoms with Gasteiger partial charge in [-0.2, -0.15) is 0 Å². The lowest BCUT2D eigenvalue weighted by molar-refractivity contribution is 0.303. The molecule has 120 valence electrons. The van der Waals surface area contributed by atoms with Crippen molar-refractivity contribution in [1.29, 1.82) is 0 Å².